The number of nitrogens with two attached hydrogens (primary N) is 1. The molecule has 2 N–H and O–H groups in total. The van der Waals surface area contributed by atoms with Gasteiger partial charge < -0.3 is 20.1 Å². The number of hydrogen-bond acceptors (Lipinski definition) is 8. The number of alkyl halides is 1. The molecule has 11 heteroatoms. The fourth-order valence-corrected chi connectivity index (χ4v) is 17.2. The van der Waals surface area contributed by atoms with E-state index in [0.717, 1.165) is 52.7 Å². The van der Waals surface area contributed by atoms with E-state index in [4.69, 9.17) is 41.8 Å². The molecule has 5 heterocycles. The van der Waals surface area contributed by atoms with Crippen LogP contribution in [0.3, 0.4) is 0 Å². The quantitative estimate of drug-likeness (QED) is 0.0620. The summed E-state index contributed by atoms with van der Waals surface area (Å²) in [6.07, 6.45) is 6.45. The van der Waals surface area contributed by atoms with Crippen molar-refractivity contribution in [3.8, 4) is 28.7 Å². The number of anilines is 2. The topological polar surface area (TPSA) is 89.6 Å². The molecular weight excluding hydrogens is 751 g/mol. The summed E-state index contributed by atoms with van der Waals surface area (Å²) in [6.45, 7) is 24.4. The molecule has 2 aromatic heterocycles. The largest absolute Gasteiger partial charge is 0.461 e. The van der Waals surface area contributed by atoms with Crippen molar-refractivity contribution in [2.24, 2.45) is 11.3 Å². The minimum Gasteiger partial charge on any atom is -0.461 e. The SMILES string of the molecule is C=C1CN2CCC3(CC3)[C@@]2(COc2nc(N3CCOC[C@H]4[C@H](Cl)[C@H]43)c3cnc(-c4cc(N)cc5ccc(F)c(C#C[Si](C(C)C)(C(C)C)C(C)C)c45)c(C)c3n2)C1. The second-order valence-corrected chi connectivity index (χ2v) is 24.7. The number of halogens is 2. The molecule has 0 amide bonds. The summed E-state index contributed by atoms with van der Waals surface area (Å²) in [5.41, 5.74) is 17.0. The van der Waals surface area contributed by atoms with Crippen molar-refractivity contribution in [1.82, 2.24) is 19.9 Å². The summed E-state index contributed by atoms with van der Waals surface area (Å²) < 4.78 is 29.0. The zero-order chi connectivity index (χ0) is 40.2. The van der Waals surface area contributed by atoms with E-state index in [-0.39, 0.29) is 34.1 Å². The Morgan fingerprint density at radius 1 is 1.09 bits per heavy atom. The molecule has 4 atom stereocenters. The van der Waals surface area contributed by atoms with E-state index in [1.54, 1.807) is 6.07 Å². The molecule has 4 aromatic rings. The van der Waals surface area contributed by atoms with Gasteiger partial charge in [-0.15, -0.1) is 17.1 Å². The minimum atomic E-state index is -2.18. The molecule has 2 aromatic carbocycles. The number of hydrogen-bond donors (Lipinski definition) is 1. The van der Waals surface area contributed by atoms with Crippen LogP contribution in [0, 0.1) is 35.5 Å². The molecule has 2 aliphatic carbocycles. The molecule has 5 aliphatic rings. The highest BCUT2D eigenvalue weighted by Gasteiger charge is 2.67. The maximum absolute atomic E-state index is 16.2. The van der Waals surface area contributed by atoms with Gasteiger partial charge in [0, 0.05) is 47.4 Å². The van der Waals surface area contributed by atoms with Crippen LogP contribution in [0.2, 0.25) is 16.6 Å². The van der Waals surface area contributed by atoms with E-state index in [1.165, 1.54) is 30.9 Å². The molecule has 9 rings (SSSR count). The van der Waals surface area contributed by atoms with Gasteiger partial charge in [-0.2, -0.15) is 9.97 Å². The number of benzene rings is 2. The first-order valence-corrected chi connectivity index (χ1v) is 23.6. The van der Waals surface area contributed by atoms with Crippen LogP contribution >= 0.6 is 11.6 Å². The second-order valence-electron chi connectivity index (χ2n) is 18.6. The van der Waals surface area contributed by atoms with Crippen molar-refractivity contribution >= 4 is 52.9 Å². The smallest absolute Gasteiger partial charge is 0.319 e. The Balaban J connectivity index is 1.21. The minimum absolute atomic E-state index is 0.0323. The molecule has 0 radical (unpaired) electrons. The van der Waals surface area contributed by atoms with Gasteiger partial charge in [-0.05, 0) is 84.8 Å². The Labute approximate surface area is 342 Å². The number of aromatic nitrogens is 3. The highest BCUT2D eigenvalue weighted by molar-refractivity contribution is 6.90. The summed E-state index contributed by atoms with van der Waals surface area (Å²) in [6, 6.07) is 7.54. The van der Waals surface area contributed by atoms with E-state index in [1.807, 2.05) is 25.3 Å². The number of aryl methyl sites for hydroxylation is 1. The molecule has 3 saturated heterocycles. The average Bonchev–Trinajstić information content (AvgIpc) is 4.04. The summed E-state index contributed by atoms with van der Waals surface area (Å²) in [5.74, 6) is 4.10. The van der Waals surface area contributed by atoms with Crippen molar-refractivity contribution in [1.29, 1.82) is 0 Å². The highest BCUT2D eigenvalue weighted by Crippen LogP contribution is 2.66. The van der Waals surface area contributed by atoms with Crippen molar-refractivity contribution in [3.63, 3.8) is 0 Å². The Kier molecular flexibility index (Phi) is 9.47. The van der Waals surface area contributed by atoms with Crippen LogP contribution in [0.15, 0.2) is 42.6 Å². The Morgan fingerprint density at radius 3 is 2.56 bits per heavy atom. The first-order valence-electron chi connectivity index (χ1n) is 21.0. The molecule has 3 aliphatic heterocycles. The molecule has 5 fully saturated rings. The summed E-state index contributed by atoms with van der Waals surface area (Å²) in [7, 11) is -2.18. The fraction of sp³-hybridized carbons (Fsp3) is 0.543. The van der Waals surface area contributed by atoms with E-state index in [2.05, 4.69) is 69.4 Å². The lowest BCUT2D eigenvalue weighted by Crippen LogP contribution is -2.49. The number of ether oxygens (including phenoxy) is 2. The van der Waals surface area contributed by atoms with Gasteiger partial charge in [0.25, 0.3) is 0 Å². The number of rotatable bonds is 8. The van der Waals surface area contributed by atoms with Gasteiger partial charge in [0.2, 0.25) is 0 Å². The standard InChI is InChI=1S/C46H56ClFN6O2Si/c1-26(2)57(27(3)4,28(5)6)18-11-33-37(48)10-9-31-19-32(49)20-34(38(31)33)40-30(8)41-35(22-50-40)43(54-16-17-55-24-36-39(47)42(36)54)52-44(51-41)56-25-46-21-29(7)23-53(46)15-14-45(46)12-13-45/h9-10,19-20,22,26-28,36,39,42H,7,12-17,21,23-25,49H2,1-6,8H3/t36-,39-,42-,46-/m0/s1. The van der Waals surface area contributed by atoms with E-state index in [0.29, 0.717) is 71.3 Å². The van der Waals surface area contributed by atoms with Gasteiger partial charge in [-0.3, -0.25) is 9.88 Å². The molecule has 0 bridgehead atoms. The van der Waals surface area contributed by atoms with Gasteiger partial charge in [0.1, 0.15) is 26.3 Å². The second kappa shape index (κ2) is 13.9. The van der Waals surface area contributed by atoms with Gasteiger partial charge in [0.05, 0.1) is 52.3 Å². The van der Waals surface area contributed by atoms with E-state index in [9.17, 15) is 0 Å². The number of nitrogens with zero attached hydrogens (tertiary/aromatic N) is 5. The predicted molar refractivity (Wildman–Crippen MR) is 232 cm³/mol. The lowest BCUT2D eigenvalue weighted by atomic mass is 9.80. The zero-order valence-electron chi connectivity index (χ0n) is 34.5. The normalized spacial score (nSPS) is 25.4. The van der Waals surface area contributed by atoms with Crippen molar-refractivity contribution < 1.29 is 13.9 Å². The van der Waals surface area contributed by atoms with Crippen LogP contribution in [0.1, 0.15) is 78.4 Å². The monoisotopic (exact) mass is 806 g/mol. The Morgan fingerprint density at radius 2 is 1.84 bits per heavy atom. The van der Waals surface area contributed by atoms with Crippen LogP contribution in [-0.2, 0) is 4.74 Å². The van der Waals surface area contributed by atoms with Crippen LogP contribution < -0.4 is 15.4 Å². The molecule has 8 nitrogen and oxygen atoms in total. The number of nitrogen functional groups attached to an aromatic ring is 1. The van der Waals surface area contributed by atoms with Gasteiger partial charge in [-0.1, -0.05) is 65.7 Å². The Hall–Kier alpha value is -3.75. The van der Waals surface area contributed by atoms with Gasteiger partial charge >= 0.3 is 6.01 Å². The molecule has 57 heavy (non-hydrogen) atoms. The Bertz CT molecular complexity index is 2350. The summed E-state index contributed by atoms with van der Waals surface area (Å²) in [5, 5.41) is 2.31. The van der Waals surface area contributed by atoms with Crippen molar-refractivity contribution in [3.05, 3.63) is 59.6 Å². The first kappa shape index (κ1) is 38.7. The number of fused-ring (bicyclic) bond motifs is 5. The number of pyridine rings is 1. The third-order valence-electron chi connectivity index (χ3n) is 14.7. The van der Waals surface area contributed by atoms with Crippen molar-refractivity contribution in [2.45, 2.75) is 108 Å². The predicted octanol–water partition coefficient (Wildman–Crippen LogP) is 9.45. The van der Waals surface area contributed by atoms with Crippen LogP contribution in [0.5, 0.6) is 6.01 Å². The molecular formula is C46H56ClFN6O2Si. The summed E-state index contributed by atoms with van der Waals surface area (Å²) in [4.78, 5) is 20.4. The van der Waals surface area contributed by atoms with Gasteiger partial charge in [-0.25, -0.2) is 4.39 Å². The maximum atomic E-state index is 16.2. The highest BCUT2D eigenvalue weighted by atomic mass is 35.5. The summed E-state index contributed by atoms with van der Waals surface area (Å²) >= 11 is 6.89. The van der Waals surface area contributed by atoms with Crippen LogP contribution in [0.25, 0.3) is 32.9 Å². The third kappa shape index (κ3) is 6.00. The molecule has 0 unspecified atom stereocenters. The molecule has 300 valence electrons. The van der Waals surface area contributed by atoms with Crippen molar-refractivity contribution in [2.75, 3.05) is 50.1 Å². The molecule has 1 spiro atoms. The average molecular weight is 808 g/mol. The molecule has 2 saturated carbocycles. The lowest BCUT2D eigenvalue weighted by Gasteiger charge is -2.38. The third-order valence-corrected chi connectivity index (χ3v) is 21.6. The van der Waals surface area contributed by atoms with Crippen LogP contribution in [-0.4, -0.2) is 84.3 Å². The van der Waals surface area contributed by atoms with Crippen LogP contribution in [0.4, 0.5) is 15.9 Å². The van der Waals surface area contributed by atoms with Gasteiger partial charge in [0.15, 0.2) is 0 Å². The lowest BCUT2D eigenvalue weighted by molar-refractivity contribution is 0.0649. The zero-order valence-corrected chi connectivity index (χ0v) is 36.3. The van der Waals surface area contributed by atoms with E-state index >= 15 is 4.39 Å². The maximum Gasteiger partial charge on any atom is 0.319 e. The van der Waals surface area contributed by atoms with E-state index < -0.39 is 8.07 Å². The first-order chi connectivity index (χ1) is 27.2. The fourth-order valence-electron chi connectivity index (χ4n) is 11.5.